The number of hydrogen-bond acceptors (Lipinski definition) is 5. The summed E-state index contributed by atoms with van der Waals surface area (Å²) in [7, 11) is 1.62. The predicted octanol–water partition coefficient (Wildman–Crippen LogP) is 7.03. The lowest BCUT2D eigenvalue weighted by atomic mass is 9.78. The molecule has 0 radical (unpaired) electrons. The summed E-state index contributed by atoms with van der Waals surface area (Å²) in [5, 5.41) is 14.6. The van der Waals surface area contributed by atoms with Gasteiger partial charge in [0.05, 0.1) is 19.1 Å². The quantitative estimate of drug-likeness (QED) is 0.439. The van der Waals surface area contributed by atoms with Gasteiger partial charge in [-0.25, -0.2) is 0 Å². The zero-order chi connectivity index (χ0) is 26.4. The molecular formula is C28H36Cl2N2O3. The number of ether oxygens (including phenoxy) is 2. The fraction of sp³-hybridized carbons (Fsp3) is 0.500. The highest BCUT2D eigenvalue weighted by molar-refractivity contribution is 6.30. The topological polar surface area (TPSA) is 71.3 Å². The molecule has 0 aliphatic carbocycles. The molecule has 1 fully saturated rings. The molecule has 0 bridgehead atoms. The number of nitriles is 1. The molecule has 35 heavy (non-hydrogen) atoms. The number of esters is 1. The summed E-state index contributed by atoms with van der Waals surface area (Å²) in [6, 6.07) is 16.5. The van der Waals surface area contributed by atoms with E-state index in [1.54, 1.807) is 19.2 Å². The van der Waals surface area contributed by atoms with E-state index in [0.29, 0.717) is 10.0 Å². The average Bonchev–Trinajstić information content (AvgIpc) is 3.09. The maximum Gasteiger partial charge on any atom is 0.324 e. The standard InChI is InChI=1S/C21H29ClN2O2.C7H7ClO/c1-20(2,3)11-16-15(12-23)17(13-8-7-9-14(22)10-13)18(24-16)19(25)26-21(4,5)6;1-9-7-4-2-3-6(8)5-7/h7-10,15-18,24H,11H2,1-6H3;2-5H,1H3. The molecule has 4 unspecified atom stereocenters. The molecule has 0 saturated carbocycles. The van der Waals surface area contributed by atoms with Gasteiger partial charge in [0.1, 0.15) is 17.4 Å². The number of benzene rings is 2. The molecule has 1 saturated heterocycles. The molecule has 5 nitrogen and oxygen atoms in total. The Hall–Kier alpha value is -2.26. The van der Waals surface area contributed by atoms with Crippen LogP contribution in [-0.2, 0) is 9.53 Å². The molecule has 190 valence electrons. The van der Waals surface area contributed by atoms with Crippen molar-refractivity contribution in [3.05, 3.63) is 64.1 Å². The van der Waals surface area contributed by atoms with E-state index in [9.17, 15) is 10.1 Å². The first-order valence-corrected chi connectivity index (χ1v) is 12.4. The molecule has 4 atom stereocenters. The monoisotopic (exact) mass is 518 g/mol. The molecule has 1 N–H and O–H groups in total. The first-order chi connectivity index (χ1) is 16.2. The molecule has 7 heteroatoms. The largest absolute Gasteiger partial charge is 0.497 e. The minimum Gasteiger partial charge on any atom is -0.497 e. The zero-order valence-electron chi connectivity index (χ0n) is 21.6. The first kappa shape index (κ1) is 29.0. The highest BCUT2D eigenvalue weighted by Gasteiger charge is 2.49. The molecule has 3 rings (SSSR count). The van der Waals surface area contributed by atoms with Crippen LogP contribution in [0, 0.1) is 22.7 Å². The van der Waals surface area contributed by atoms with Gasteiger partial charge in [0, 0.05) is 22.0 Å². The number of carbonyl (C=O) groups is 1. The number of nitrogens with one attached hydrogen (secondary N) is 1. The molecule has 2 aromatic rings. The average molecular weight is 520 g/mol. The number of rotatable bonds is 4. The Morgan fingerprint density at radius 2 is 1.63 bits per heavy atom. The van der Waals surface area contributed by atoms with E-state index in [4.69, 9.17) is 32.7 Å². The second-order valence-corrected chi connectivity index (χ2v) is 11.8. The summed E-state index contributed by atoms with van der Waals surface area (Å²) in [6.07, 6.45) is 0.793. The van der Waals surface area contributed by atoms with Gasteiger partial charge in [0.15, 0.2) is 0 Å². The van der Waals surface area contributed by atoms with Gasteiger partial charge in [-0.1, -0.05) is 62.2 Å². The molecule has 1 aliphatic heterocycles. The van der Waals surface area contributed by atoms with Crippen molar-refractivity contribution in [1.29, 1.82) is 5.26 Å². The fourth-order valence-electron chi connectivity index (χ4n) is 4.20. The zero-order valence-corrected chi connectivity index (χ0v) is 23.1. The molecule has 0 spiro atoms. The summed E-state index contributed by atoms with van der Waals surface area (Å²) in [5.74, 6) is -0.146. The maximum atomic E-state index is 12.9. The summed E-state index contributed by atoms with van der Waals surface area (Å²) in [6.45, 7) is 12.0. The van der Waals surface area contributed by atoms with Crippen LogP contribution in [0.25, 0.3) is 0 Å². The van der Waals surface area contributed by atoms with Crippen molar-refractivity contribution in [2.24, 2.45) is 11.3 Å². The van der Waals surface area contributed by atoms with Gasteiger partial charge in [-0.3, -0.25) is 10.1 Å². The summed E-state index contributed by atoms with van der Waals surface area (Å²) in [4.78, 5) is 12.9. The Labute approximate surface area is 219 Å². The van der Waals surface area contributed by atoms with Gasteiger partial charge in [-0.15, -0.1) is 0 Å². The third-order valence-corrected chi connectivity index (χ3v) is 5.95. The third-order valence-electron chi connectivity index (χ3n) is 5.48. The summed E-state index contributed by atoms with van der Waals surface area (Å²) in [5.41, 5.74) is 0.347. The van der Waals surface area contributed by atoms with Crippen molar-refractivity contribution < 1.29 is 14.3 Å². The fourth-order valence-corrected chi connectivity index (χ4v) is 4.58. The predicted molar refractivity (Wildman–Crippen MR) is 142 cm³/mol. The lowest BCUT2D eigenvalue weighted by Crippen LogP contribution is -2.42. The van der Waals surface area contributed by atoms with E-state index in [-0.39, 0.29) is 29.3 Å². The SMILES string of the molecule is CC(C)(C)CC1NC(C(=O)OC(C)(C)C)C(c2cccc(Cl)c2)C1C#N.COc1cccc(Cl)c1. The Morgan fingerprint density at radius 3 is 2.09 bits per heavy atom. The number of methoxy groups -OCH3 is 1. The maximum absolute atomic E-state index is 12.9. The van der Waals surface area contributed by atoms with Crippen molar-refractivity contribution in [2.75, 3.05) is 7.11 Å². The Kier molecular flexibility index (Phi) is 10.0. The normalized spacial score (nSPS) is 21.9. The number of carbonyl (C=O) groups excluding carboxylic acids is 1. The molecule has 0 amide bonds. The highest BCUT2D eigenvalue weighted by atomic mass is 35.5. The van der Waals surface area contributed by atoms with Crippen molar-refractivity contribution in [3.63, 3.8) is 0 Å². The van der Waals surface area contributed by atoms with E-state index in [2.05, 4.69) is 32.2 Å². The van der Waals surface area contributed by atoms with Crippen LogP contribution >= 0.6 is 23.2 Å². The van der Waals surface area contributed by atoms with Gasteiger partial charge in [-0.05, 0) is 68.5 Å². The van der Waals surface area contributed by atoms with Crippen LogP contribution in [0.4, 0.5) is 0 Å². The van der Waals surface area contributed by atoms with Crippen LogP contribution in [0.2, 0.25) is 10.0 Å². The number of halogens is 2. The Morgan fingerprint density at radius 1 is 1.03 bits per heavy atom. The van der Waals surface area contributed by atoms with E-state index in [1.807, 2.05) is 57.2 Å². The Balaban J connectivity index is 0.000000402. The minimum atomic E-state index is -0.581. The van der Waals surface area contributed by atoms with Crippen molar-refractivity contribution >= 4 is 29.2 Å². The number of nitrogens with zero attached hydrogens (tertiary/aromatic N) is 1. The third kappa shape index (κ3) is 9.04. The summed E-state index contributed by atoms with van der Waals surface area (Å²) < 4.78 is 10.5. The van der Waals surface area contributed by atoms with Gasteiger partial charge in [-0.2, -0.15) is 5.26 Å². The number of hydrogen-bond donors (Lipinski definition) is 1. The molecule has 1 aliphatic rings. The minimum absolute atomic E-state index is 0.0362. The van der Waals surface area contributed by atoms with Crippen LogP contribution in [0.3, 0.4) is 0 Å². The van der Waals surface area contributed by atoms with Crippen LogP contribution in [0.1, 0.15) is 59.4 Å². The van der Waals surface area contributed by atoms with Crippen LogP contribution in [0.15, 0.2) is 48.5 Å². The highest BCUT2D eigenvalue weighted by Crippen LogP contribution is 2.41. The van der Waals surface area contributed by atoms with Gasteiger partial charge in [0.2, 0.25) is 0 Å². The second-order valence-electron chi connectivity index (χ2n) is 10.9. The van der Waals surface area contributed by atoms with E-state index in [0.717, 1.165) is 17.7 Å². The first-order valence-electron chi connectivity index (χ1n) is 11.7. The molecular weight excluding hydrogens is 483 g/mol. The van der Waals surface area contributed by atoms with Gasteiger partial charge < -0.3 is 9.47 Å². The van der Waals surface area contributed by atoms with Crippen LogP contribution in [-0.4, -0.2) is 30.8 Å². The molecule has 1 heterocycles. The summed E-state index contributed by atoms with van der Waals surface area (Å²) >= 11 is 11.8. The lowest BCUT2D eigenvalue weighted by molar-refractivity contribution is -0.157. The van der Waals surface area contributed by atoms with Crippen molar-refractivity contribution in [3.8, 4) is 11.8 Å². The van der Waals surface area contributed by atoms with Crippen LogP contribution < -0.4 is 10.1 Å². The smallest absolute Gasteiger partial charge is 0.324 e. The molecule has 0 aromatic heterocycles. The van der Waals surface area contributed by atoms with Crippen molar-refractivity contribution in [1.82, 2.24) is 5.32 Å². The van der Waals surface area contributed by atoms with Gasteiger partial charge in [0.25, 0.3) is 0 Å². The van der Waals surface area contributed by atoms with Crippen molar-refractivity contribution in [2.45, 2.75) is 71.6 Å². The molecule has 2 aromatic carbocycles. The van der Waals surface area contributed by atoms with E-state index < -0.39 is 11.6 Å². The van der Waals surface area contributed by atoms with Crippen LogP contribution in [0.5, 0.6) is 5.75 Å². The second kappa shape index (κ2) is 12.1. The van der Waals surface area contributed by atoms with Gasteiger partial charge >= 0.3 is 5.97 Å². The van der Waals surface area contributed by atoms with E-state index >= 15 is 0 Å². The Bertz CT molecular complexity index is 1040. The lowest BCUT2D eigenvalue weighted by Gasteiger charge is -2.25. The van der Waals surface area contributed by atoms with E-state index in [1.165, 1.54) is 0 Å².